The van der Waals surface area contributed by atoms with Crippen LogP contribution in [0.15, 0.2) is 30.3 Å². The second-order valence-electron chi connectivity index (χ2n) is 7.18. The second-order valence-corrected chi connectivity index (χ2v) is 7.18. The van der Waals surface area contributed by atoms with E-state index in [4.69, 9.17) is 28.4 Å². The molecular formula is C20H30O9. The summed E-state index contributed by atoms with van der Waals surface area (Å²) < 4.78 is 33.3. The molecule has 2 aliphatic rings. The van der Waals surface area contributed by atoms with Crippen LogP contribution in [-0.2, 0) is 28.4 Å². The summed E-state index contributed by atoms with van der Waals surface area (Å²) in [6, 6.07) is 9.33. The van der Waals surface area contributed by atoms with Gasteiger partial charge >= 0.3 is 0 Å². The van der Waals surface area contributed by atoms with E-state index in [1.54, 1.807) is 6.92 Å². The highest BCUT2D eigenvalue weighted by Crippen LogP contribution is 2.27. The van der Waals surface area contributed by atoms with E-state index in [0.29, 0.717) is 0 Å². The Labute approximate surface area is 170 Å². The topological polar surface area (TPSA) is 116 Å². The zero-order valence-corrected chi connectivity index (χ0v) is 16.6. The summed E-state index contributed by atoms with van der Waals surface area (Å²) in [4.78, 5) is 0. The van der Waals surface area contributed by atoms with Gasteiger partial charge in [0, 0.05) is 18.6 Å². The molecule has 0 radical (unpaired) electrons. The second kappa shape index (κ2) is 10.8. The molecule has 2 fully saturated rings. The molecule has 0 bridgehead atoms. The fraction of sp³-hybridized carbons (Fsp3) is 0.700. The van der Waals surface area contributed by atoms with Crippen LogP contribution in [0.4, 0.5) is 0 Å². The van der Waals surface area contributed by atoms with Gasteiger partial charge in [-0.15, -0.1) is 0 Å². The maximum atomic E-state index is 10.5. The zero-order chi connectivity index (χ0) is 20.8. The van der Waals surface area contributed by atoms with Gasteiger partial charge in [0.15, 0.2) is 18.9 Å². The summed E-state index contributed by atoms with van der Waals surface area (Å²) in [5.41, 5.74) is 0.805. The van der Waals surface area contributed by atoms with Crippen LogP contribution >= 0.6 is 0 Å². The van der Waals surface area contributed by atoms with Gasteiger partial charge in [0.25, 0.3) is 0 Å². The first-order chi connectivity index (χ1) is 14.0. The molecular weight excluding hydrogens is 384 g/mol. The molecule has 0 aliphatic carbocycles. The van der Waals surface area contributed by atoms with Crippen molar-refractivity contribution in [3.8, 4) is 0 Å². The van der Waals surface area contributed by atoms with E-state index in [-0.39, 0.29) is 32.3 Å². The molecule has 2 heterocycles. The van der Waals surface area contributed by atoms with Crippen LogP contribution < -0.4 is 0 Å². The van der Waals surface area contributed by atoms with Gasteiger partial charge in [-0.3, -0.25) is 0 Å². The van der Waals surface area contributed by atoms with E-state index in [2.05, 4.69) is 0 Å². The number of hydrogen-bond donors (Lipinski definition) is 3. The lowest BCUT2D eigenvalue weighted by atomic mass is 9.99. The van der Waals surface area contributed by atoms with E-state index in [9.17, 15) is 15.3 Å². The Kier molecular flexibility index (Phi) is 8.36. The lowest BCUT2D eigenvalue weighted by molar-refractivity contribution is -0.269. The number of hydrogen-bond acceptors (Lipinski definition) is 9. The molecule has 3 rings (SSSR count). The summed E-state index contributed by atoms with van der Waals surface area (Å²) in [6.45, 7) is 2.15. The van der Waals surface area contributed by atoms with Crippen molar-refractivity contribution in [2.24, 2.45) is 5.92 Å². The van der Waals surface area contributed by atoms with E-state index in [1.165, 1.54) is 7.11 Å². The van der Waals surface area contributed by atoms with Crippen molar-refractivity contribution in [2.45, 2.75) is 50.2 Å². The molecule has 3 N–H and O–H groups in total. The van der Waals surface area contributed by atoms with Gasteiger partial charge in [0.2, 0.25) is 0 Å². The van der Waals surface area contributed by atoms with Crippen molar-refractivity contribution in [1.29, 1.82) is 0 Å². The molecule has 9 nitrogen and oxygen atoms in total. The maximum Gasteiger partial charge on any atom is 0.186 e. The summed E-state index contributed by atoms with van der Waals surface area (Å²) >= 11 is 0. The van der Waals surface area contributed by atoms with Gasteiger partial charge < -0.3 is 43.7 Å². The standard InChI is InChI=1S/C20H30O9/c1-12(14-10-27-19(24-2)16(14)22)29-20-17(23)15(21)11-28-18(25-8-9-26-20)13-6-4-3-5-7-13/h3-7,12,14-23H,8-11H2,1-2H3. The quantitative estimate of drug-likeness (QED) is 0.620. The Hall–Kier alpha value is -1.14. The highest BCUT2D eigenvalue weighted by molar-refractivity contribution is 5.16. The SMILES string of the molecule is COC1OCC(C(C)OC2OCCOC(c3ccccc3)OCC(O)C2O)C1O. The lowest BCUT2D eigenvalue weighted by Gasteiger charge is -2.33. The molecule has 8 unspecified atom stereocenters. The molecule has 0 amide bonds. The third-order valence-corrected chi connectivity index (χ3v) is 5.15. The summed E-state index contributed by atoms with van der Waals surface area (Å²) in [7, 11) is 1.45. The van der Waals surface area contributed by atoms with Crippen molar-refractivity contribution < 1.29 is 43.7 Å². The fourth-order valence-corrected chi connectivity index (χ4v) is 3.39. The van der Waals surface area contributed by atoms with Crippen LogP contribution in [-0.4, -0.2) is 85.9 Å². The summed E-state index contributed by atoms with van der Waals surface area (Å²) in [5.74, 6) is -0.363. The number of methoxy groups -OCH3 is 1. The van der Waals surface area contributed by atoms with Gasteiger partial charge in [-0.1, -0.05) is 30.3 Å². The smallest absolute Gasteiger partial charge is 0.186 e. The Morgan fingerprint density at radius 1 is 0.897 bits per heavy atom. The monoisotopic (exact) mass is 414 g/mol. The largest absolute Gasteiger partial charge is 0.388 e. The van der Waals surface area contributed by atoms with Crippen molar-refractivity contribution >= 4 is 0 Å². The Bertz CT molecular complexity index is 601. The summed E-state index contributed by atoms with van der Waals surface area (Å²) in [5, 5.41) is 31.2. The van der Waals surface area contributed by atoms with Crippen molar-refractivity contribution in [1.82, 2.24) is 0 Å². The van der Waals surface area contributed by atoms with Crippen LogP contribution in [0.2, 0.25) is 0 Å². The minimum Gasteiger partial charge on any atom is -0.388 e. The predicted molar refractivity (Wildman–Crippen MR) is 99.6 cm³/mol. The van der Waals surface area contributed by atoms with Gasteiger partial charge in [-0.2, -0.15) is 0 Å². The molecule has 1 aromatic carbocycles. The Morgan fingerprint density at radius 2 is 1.62 bits per heavy atom. The highest BCUT2D eigenvalue weighted by Gasteiger charge is 2.42. The van der Waals surface area contributed by atoms with Crippen molar-refractivity contribution in [3.05, 3.63) is 35.9 Å². The van der Waals surface area contributed by atoms with E-state index >= 15 is 0 Å². The molecule has 2 saturated heterocycles. The number of rotatable bonds is 5. The minimum atomic E-state index is -1.34. The number of benzene rings is 1. The van der Waals surface area contributed by atoms with Gasteiger partial charge in [-0.05, 0) is 6.92 Å². The molecule has 0 saturated carbocycles. The molecule has 164 valence electrons. The number of aliphatic hydroxyl groups excluding tert-OH is 3. The third-order valence-electron chi connectivity index (χ3n) is 5.15. The van der Waals surface area contributed by atoms with E-state index < -0.39 is 43.3 Å². The Balaban J connectivity index is 1.59. The first kappa shape index (κ1) is 22.5. The molecule has 8 atom stereocenters. The average molecular weight is 414 g/mol. The van der Waals surface area contributed by atoms with Gasteiger partial charge in [0.1, 0.15) is 18.3 Å². The molecule has 1 aromatic rings. The molecule has 2 aliphatic heterocycles. The first-order valence-corrected chi connectivity index (χ1v) is 9.75. The zero-order valence-electron chi connectivity index (χ0n) is 16.6. The predicted octanol–water partition coefficient (Wildman–Crippen LogP) is 0.181. The van der Waals surface area contributed by atoms with Crippen molar-refractivity contribution in [3.63, 3.8) is 0 Å². The minimum absolute atomic E-state index is 0.123. The highest BCUT2D eigenvalue weighted by atomic mass is 16.7. The molecule has 0 aromatic heterocycles. The third kappa shape index (κ3) is 5.72. The average Bonchev–Trinajstić information content (AvgIpc) is 3.12. The number of aliphatic hydroxyl groups is 3. The van der Waals surface area contributed by atoms with Gasteiger partial charge in [-0.25, -0.2) is 0 Å². The van der Waals surface area contributed by atoms with Crippen LogP contribution in [0, 0.1) is 5.92 Å². The maximum absolute atomic E-state index is 10.5. The fourth-order valence-electron chi connectivity index (χ4n) is 3.39. The Morgan fingerprint density at radius 3 is 2.31 bits per heavy atom. The van der Waals surface area contributed by atoms with Crippen LogP contribution in [0.5, 0.6) is 0 Å². The van der Waals surface area contributed by atoms with E-state index in [1.807, 2.05) is 30.3 Å². The first-order valence-electron chi connectivity index (χ1n) is 9.75. The van der Waals surface area contributed by atoms with Crippen LogP contribution in [0.1, 0.15) is 18.8 Å². The summed E-state index contributed by atoms with van der Waals surface area (Å²) in [6.07, 6.45) is -6.48. The number of ether oxygens (including phenoxy) is 6. The molecule has 9 heteroatoms. The van der Waals surface area contributed by atoms with E-state index in [0.717, 1.165) is 5.56 Å². The van der Waals surface area contributed by atoms with Crippen LogP contribution in [0.25, 0.3) is 0 Å². The van der Waals surface area contributed by atoms with Crippen LogP contribution in [0.3, 0.4) is 0 Å². The lowest BCUT2D eigenvalue weighted by Crippen LogP contribution is -2.47. The molecule has 29 heavy (non-hydrogen) atoms. The molecule has 0 spiro atoms. The van der Waals surface area contributed by atoms with Crippen molar-refractivity contribution in [2.75, 3.05) is 33.5 Å². The van der Waals surface area contributed by atoms with Gasteiger partial charge in [0.05, 0.1) is 32.5 Å². The normalized spacial score (nSPS) is 37.9.